The molecule has 13 rings (SSSR count). The summed E-state index contributed by atoms with van der Waals surface area (Å²) in [5.74, 6) is 0. The summed E-state index contributed by atoms with van der Waals surface area (Å²) in [7, 11) is 0. The van der Waals surface area contributed by atoms with Crippen LogP contribution in [0.2, 0.25) is 0 Å². The molecule has 0 aliphatic rings. The summed E-state index contributed by atoms with van der Waals surface area (Å²) in [6.45, 7) is 0. The number of fused-ring (bicyclic) bond motifs is 12. The number of rotatable bonds is 4. The highest BCUT2D eigenvalue weighted by Gasteiger charge is 2.20. The molecule has 0 bridgehead atoms. The van der Waals surface area contributed by atoms with Crippen molar-refractivity contribution in [3.05, 3.63) is 200 Å². The van der Waals surface area contributed by atoms with E-state index in [9.17, 15) is 0 Å². The molecule has 9 aromatic carbocycles. The van der Waals surface area contributed by atoms with Crippen LogP contribution >= 0.6 is 0 Å². The van der Waals surface area contributed by atoms with Gasteiger partial charge in [0.05, 0.1) is 33.1 Å². The maximum Gasteiger partial charge on any atom is 0.135 e. The molecule has 4 heterocycles. The fourth-order valence-corrected chi connectivity index (χ4v) is 9.67. The fraction of sp³-hybridized carbons (Fsp3) is 0. The zero-order chi connectivity index (χ0) is 37.9. The lowest BCUT2D eigenvalue weighted by Gasteiger charge is -2.11. The van der Waals surface area contributed by atoms with Gasteiger partial charge in [-0.05, 0) is 102 Å². The monoisotopic (exact) mass is 739 g/mol. The van der Waals surface area contributed by atoms with Crippen molar-refractivity contribution in [2.75, 3.05) is 0 Å². The third kappa shape index (κ3) is 4.40. The SMILES string of the molecule is c1ccc(-c2ccc3oc4ccc(-n5c6ccc(-n7c8ccccc8c8ccccc87)cc6c6cc(-n7c8ccccc8c8ccccc87)ccc65)cc4c3c2)cc1. The highest BCUT2D eigenvalue weighted by molar-refractivity contribution is 6.15. The summed E-state index contributed by atoms with van der Waals surface area (Å²) < 4.78 is 13.7. The molecule has 4 nitrogen and oxygen atoms in total. The summed E-state index contributed by atoms with van der Waals surface area (Å²) >= 11 is 0. The van der Waals surface area contributed by atoms with Gasteiger partial charge in [0.1, 0.15) is 11.2 Å². The van der Waals surface area contributed by atoms with Gasteiger partial charge in [-0.15, -0.1) is 0 Å². The van der Waals surface area contributed by atoms with Gasteiger partial charge in [-0.25, -0.2) is 0 Å². The Kier molecular flexibility index (Phi) is 6.41. The molecule has 0 aliphatic carbocycles. The van der Waals surface area contributed by atoms with Crippen LogP contribution in [0, 0.1) is 0 Å². The van der Waals surface area contributed by atoms with Crippen LogP contribution in [0.4, 0.5) is 0 Å². The van der Waals surface area contributed by atoms with Gasteiger partial charge < -0.3 is 18.1 Å². The molecule has 0 aliphatic heterocycles. The first-order valence-electron chi connectivity index (χ1n) is 19.8. The van der Waals surface area contributed by atoms with Crippen LogP contribution in [-0.4, -0.2) is 13.7 Å². The van der Waals surface area contributed by atoms with Crippen LogP contribution in [0.5, 0.6) is 0 Å². The first-order chi connectivity index (χ1) is 28.8. The van der Waals surface area contributed by atoms with Crippen LogP contribution in [0.3, 0.4) is 0 Å². The number of aromatic nitrogens is 3. The smallest absolute Gasteiger partial charge is 0.135 e. The maximum absolute atomic E-state index is 6.43. The lowest BCUT2D eigenvalue weighted by atomic mass is 10.0. The molecule has 13 aromatic rings. The van der Waals surface area contributed by atoms with Crippen molar-refractivity contribution in [3.8, 4) is 28.2 Å². The molecule has 58 heavy (non-hydrogen) atoms. The van der Waals surface area contributed by atoms with E-state index in [-0.39, 0.29) is 0 Å². The normalized spacial score (nSPS) is 12.1. The Balaban J connectivity index is 1.09. The van der Waals surface area contributed by atoms with E-state index in [2.05, 4.69) is 214 Å². The Labute approximate surface area is 332 Å². The summed E-state index contributed by atoms with van der Waals surface area (Å²) in [4.78, 5) is 0. The molecule has 0 amide bonds. The molecule has 0 radical (unpaired) electrons. The standard InChI is InChI=1S/C54H33N3O/c1-2-12-34(13-3-1)35-22-28-53-45(30-35)46-33-38(25-29-54(46)58-53)57-51-26-23-36(55-47-18-8-4-14-39(47)40-15-5-9-19-48(40)55)31-43(51)44-32-37(24-27-52(44)57)56-49-20-10-6-16-41(49)42-17-7-11-21-50(42)56/h1-33H. The summed E-state index contributed by atoms with van der Waals surface area (Å²) in [5, 5.41) is 9.62. The van der Waals surface area contributed by atoms with Gasteiger partial charge in [-0.3, -0.25) is 0 Å². The molecular weight excluding hydrogens is 707 g/mol. The third-order valence-corrected chi connectivity index (χ3v) is 12.2. The highest BCUT2D eigenvalue weighted by Crippen LogP contribution is 2.41. The number of hydrogen-bond donors (Lipinski definition) is 0. The molecule has 4 aromatic heterocycles. The summed E-state index contributed by atoms with van der Waals surface area (Å²) in [6, 6.07) is 72.6. The van der Waals surface area contributed by atoms with Crippen molar-refractivity contribution >= 4 is 87.4 Å². The van der Waals surface area contributed by atoms with Crippen LogP contribution in [-0.2, 0) is 0 Å². The molecule has 0 saturated heterocycles. The first-order valence-corrected chi connectivity index (χ1v) is 19.8. The predicted octanol–water partition coefficient (Wildman–Crippen LogP) is 14.5. The first kappa shape index (κ1) is 31.4. The predicted molar refractivity (Wildman–Crippen MR) is 242 cm³/mol. The number of para-hydroxylation sites is 4. The second-order valence-corrected chi connectivity index (χ2v) is 15.3. The van der Waals surface area contributed by atoms with Crippen LogP contribution in [0.25, 0.3) is 116 Å². The molecule has 0 spiro atoms. The second kappa shape index (κ2) is 11.8. The van der Waals surface area contributed by atoms with Gasteiger partial charge in [0, 0.05) is 60.2 Å². The molecule has 0 saturated carbocycles. The Hall–Kier alpha value is -7.82. The lowest BCUT2D eigenvalue weighted by Crippen LogP contribution is -1.96. The van der Waals surface area contributed by atoms with Crippen LogP contribution in [0.1, 0.15) is 0 Å². The number of nitrogens with zero attached hydrogens (tertiary/aromatic N) is 3. The Morgan fingerprint density at radius 1 is 0.241 bits per heavy atom. The molecule has 0 fully saturated rings. The number of furan rings is 1. The van der Waals surface area contributed by atoms with Crippen molar-refractivity contribution in [1.29, 1.82) is 0 Å². The minimum atomic E-state index is 0.882. The molecule has 0 N–H and O–H groups in total. The number of benzene rings is 9. The zero-order valence-corrected chi connectivity index (χ0v) is 31.3. The Bertz CT molecular complexity index is 3520. The van der Waals surface area contributed by atoms with E-state index in [1.807, 2.05) is 0 Å². The van der Waals surface area contributed by atoms with E-state index in [0.29, 0.717) is 0 Å². The Morgan fingerprint density at radius 3 is 1.09 bits per heavy atom. The van der Waals surface area contributed by atoms with Gasteiger partial charge >= 0.3 is 0 Å². The highest BCUT2D eigenvalue weighted by atomic mass is 16.3. The minimum absolute atomic E-state index is 0.882. The van der Waals surface area contributed by atoms with Crippen molar-refractivity contribution in [1.82, 2.24) is 13.7 Å². The third-order valence-electron chi connectivity index (χ3n) is 12.2. The number of hydrogen-bond acceptors (Lipinski definition) is 1. The molecular formula is C54H33N3O. The van der Waals surface area contributed by atoms with Gasteiger partial charge in [0.15, 0.2) is 0 Å². The molecule has 0 unspecified atom stereocenters. The van der Waals surface area contributed by atoms with Crippen molar-refractivity contribution < 1.29 is 4.42 Å². The van der Waals surface area contributed by atoms with Crippen molar-refractivity contribution in [2.24, 2.45) is 0 Å². The molecule has 270 valence electrons. The van der Waals surface area contributed by atoms with Gasteiger partial charge in [0.2, 0.25) is 0 Å². The van der Waals surface area contributed by atoms with Crippen LogP contribution < -0.4 is 0 Å². The lowest BCUT2D eigenvalue weighted by molar-refractivity contribution is 0.669. The molecule has 4 heteroatoms. The summed E-state index contributed by atoms with van der Waals surface area (Å²) in [6.07, 6.45) is 0. The van der Waals surface area contributed by atoms with E-state index in [1.54, 1.807) is 0 Å². The average molecular weight is 740 g/mol. The van der Waals surface area contributed by atoms with E-state index >= 15 is 0 Å². The van der Waals surface area contributed by atoms with Crippen molar-refractivity contribution in [3.63, 3.8) is 0 Å². The minimum Gasteiger partial charge on any atom is -0.456 e. The average Bonchev–Trinajstić information content (AvgIpc) is 4.02. The van der Waals surface area contributed by atoms with E-state index < -0.39 is 0 Å². The van der Waals surface area contributed by atoms with E-state index in [0.717, 1.165) is 50.0 Å². The van der Waals surface area contributed by atoms with E-state index in [1.165, 1.54) is 65.5 Å². The van der Waals surface area contributed by atoms with Crippen molar-refractivity contribution in [2.45, 2.75) is 0 Å². The van der Waals surface area contributed by atoms with Crippen LogP contribution in [0.15, 0.2) is 205 Å². The summed E-state index contributed by atoms with van der Waals surface area (Å²) in [5.41, 5.74) is 14.6. The molecule has 0 atom stereocenters. The largest absolute Gasteiger partial charge is 0.456 e. The quantitative estimate of drug-likeness (QED) is 0.177. The zero-order valence-electron chi connectivity index (χ0n) is 31.3. The maximum atomic E-state index is 6.43. The van der Waals surface area contributed by atoms with Gasteiger partial charge in [0.25, 0.3) is 0 Å². The van der Waals surface area contributed by atoms with Gasteiger partial charge in [-0.1, -0.05) is 109 Å². The second-order valence-electron chi connectivity index (χ2n) is 15.3. The Morgan fingerprint density at radius 2 is 0.603 bits per heavy atom. The van der Waals surface area contributed by atoms with E-state index in [4.69, 9.17) is 4.42 Å². The topological polar surface area (TPSA) is 27.9 Å². The van der Waals surface area contributed by atoms with Gasteiger partial charge in [-0.2, -0.15) is 0 Å². The fourth-order valence-electron chi connectivity index (χ4n) is 9.67.